The third-order valence-corrected chi connectivity index (χ3v) is 10.0. The van der Waals surface area contributed by atoms with Gasteiger partial charge in [0.15, 0.2) is 11.6 Å². The van der Waals surface area contributed by atoms with E-state index in [2.05, 4.69) is 120 Å². The van der Waals surface area contributed by atoms with Gasteiger partial charge < -0.3 is 0 Å². The van der Waals surface area contributed by atoms with E-state index >= 15 is 0 Å². The average Bonchev–Trinajstić information content (AvgIpc) is 3.65. The van der Waals surface area contributed by atoms with E-state index in [0.717, 1.165) is 32.6 Å². The molecule has 0 spiro atoms. The van der Waals surface area contributed by atoms with Crippen molar-refractivity contribution >= 4 is 23.6 Å². The molecular weight excluding hydrogens is 621 g/mol. The average molecular weight is 655 g/mol. The van der Waals surface area contributed by atoms with Crippen molar-refractivity contribution in [3.05, 3.63) is 203 Å². The number of hydrogen-bond donors (Lipinski definition) is 0. The summed E-state index contributed by atoms with van der Waals surface area (Å²) in [4.78, 5) is 15.2. The normalized spacial score (nSPS) is 13.5. The van der Waals surface area contributed by atoms with Gasteiger partial charge in [0.05, 0.1) is 10.9 Å². The van der Waals surface area contributed by atoms with Crippen LogP contribution in [0.3, 0.4) is 0 Å². The third-order valence-electron chi connectivity index (χ3n) is 10.0. The molecule has 1 aliphatic carbocycles. The fourth-order valence-corrected chi connectivity index (χ4v) is 7.80. The molecule has 6 aromatic carbocycles. The van der Waals surface area contributed by atoms with E-state index in [9.17, 15) is 0 Å². The van der Waals surface area contributed by atoms with E-state index in [4.69, 9.17) is 15.0 Å². The Kier molecular flexibility index (Phi) is 7.36. The lowest BCUT2D eigenvalue weighted by atomic mass is 9.67. The van der Waals surface area contributed by atoms with Gasteiger partial charge in [0.25, 0.3) is 0 Å². The Bertz CT molecular complexity index is 2600. The van der Waals surface area contributed by atoms with E-state index in [1.165, 1.54) is 33.4 Å². The van der Waals surface area contributed by atoms with Crippen LogP contribution < -0.4 is 10.6 Å². The fraction of sp³-hybridized carbons (Fsp3) is 0.0426. The summed E-state index contributed by atoms with van der Waals surface area (Å²) in [5.74, 6) is 1.75. The van der Waals surface area contributed by atoms with E-state index in [0.29, 0.717) is 17.6 Å². The largest absolute Gasteiger partial charge is 0.278 e. The topological polar surface area (TPSA) is 43.6 Å². The molecule has 4 nitrogen and oxygen atoms in total. The van der Waals surface area contributed by atoms with Crippen LogP contribution in [0.5, 0.6) is 0 Å². The molecule has 0 aliphatic heterocycles. The van der Waals surface area contributed by atoms with Crippen molar-refractivity contribution in [2.24, 2.45) is 0 Å². The van der Waals surface area contributed by atoms with Crippen molar-refractivity contribution in [2.45, 2.75) is 12.3 Å². The first kappa shape index (κ1) is 30.4. The molecule has 242 valence electrons. The van der Waals surface area contributed by atoms with E-state index < -0.39 is 5.41 Å². The lowest BCUT2D eigenvalue weighted by molar-refractivity contribution is 0.769. The number of benzene rings is 6. The molecule has 1 aliphatic rings. The van der Waals surface area contributed by atoms with Crippen LogP contribution in [0, 0.1) is 0 Å². The highest BCUT2D eigenvalue weighted by molar-refractivity contribution is 5.96. The lowest BCUT2D eigenvalue weighted by Crippen LogP contribution is -2.29. The van der Waals surface area contributed by atoms with Crippen LogP contribution in [0.15, 0.2) is 170 Å². The first-order valence-corrected chi connectivity index (χ1v) is 17.3. The molecule has 0 saturated heterocycles. The highest BCUT2D eigenvalue weighted by Gasteiger charge is 2.46. The zero-order valence-electron chi connectivity index (χ0n) is 28.2. The summed E-state index contributed by atoms with van der Waals surface area (Å²) in [5, 5.41) is 2.93. The minimum Gasteiger partial charge on any atom is -0.278 e. The minimum absolute atomic E-state index is 0.516. The number of nitrogens with zero attached hydrogens (tertiary/aromatic N) is 4. The highest BCUT2D eigenvalue weighted by Crippen LogP contribution is 2.56. The van der Waals surface area contributed by atoms with Crippen LogP contribution in [-0.4, -0.2) is 19.5 Å². The zero-order valence-corrected chi connectivity index (χ0v) is 28.2. The summed E-state index contributed by atoms with van der Waals surface area (Å²) in [7, 11) is 0. The second-order valence-electron chi connectivity index (χ2n) is 12.8. The molecule has 4 heteroatoms. The van der Waals surface area contributed by atoms with Gasteiger partial charge in [-0.05, 0) is 52.4 Å². The van der Waals surface area contributed by atoms with Crippen LogP contribution in [0.4, 0.5) is 0 Å². The number of allylic oxidation sites excluding steroid dienone is 2. The van der Waals surface area contributed by atoms with Gasteiger partial charge >= 0.3 is 0 Å². The molecule has 0 bridgehead atoms. The molecule has 2 heterocycles. The molecule has 0 unspecified atom stereocenters. The summed E-state index contributed by atoms with van der Waals surface area (Å²) in [6.45, 7) is 6.72. The molecule has 0 atom stereocenters. The summed E-state index contributed by atoms with van der Waals surface area (Å²) in [6, 6.07) is 55.5. The molecule has 2 aromatic heterocycles. The van der Waals surface area contributed by atoms with Gasteiger partial charge in [0.2, 0.25) is 5.95 Å². The minimum atomic E-state index is -0.516. The van der Waals surface area contributed by atoms with Crippen LogP contribution in [-0.2, 0) is 5.41 Å². The van der Waals surface area contributed by atoms with Gasteiger partial charge in [-0.1, -0.05) is 170 Å². The quantitative estimate of drug-likeness (QED) is 0.180. The maximum absolute atomic E-state index is 5.13. The SMILES string of the molecule is C=c1/c(=C\C=C/C)c2cc3c(cc2n1-c1nc(-c2ccccc2)nc(-c2ccccc2)n1)-c1ccccc1C3(c1ccccc1)c1ccccc1. The van der Waals surface area contributed by atoms with E-state index in [-0.39, 0.29) is 0 Å². The lowest BCUT2D eigenvalue weighted by Gasteiger charge is -2.33. The van der Waals surface area contributed by atoms with Gasteiger partial charge in [-0.15, -0.1) is 0 Å². The Morgan fingerprint density at radius 1 is 0.569 bits per heavy atom. The molecule has 9 rings (SSSR count). The van der Waals surface area contributed by atoms with Crippen molar-refractivity contribution in [1.82, 2.24) is 19.5 Å². The molecule has 0 fully saturated rings. The van der Waals surface area contributed by atoms with Crippen molar-refractivity contribution in [3.63, 3.8) is 0 Å². The van der Waals surface area contributed by atoms with Crippen molar-refractivity contribution in [3.8, 4) is 39.9 Å². The van der Waals surface area contributed by atoms with Crippen LogP contribution in [0.2, 0.25) is 0 Å². The van der Waals surface area contributed by atoms with Gasteiger partial charge in [-0.2, -0.15) is 9.97 Å². The van der Waals surface area contributed by atoms with Crippen LogP contribution in [0.1, 0.15) is 29.2 Å². The monoisotopic (exact) mass is 654 g/mol. The second-order valence-corrected chi connectivity index (χ2v) is 12.8. The zero-order chi connectivity index (χ0) is 34.4. The summed E-state index contributed by atoms with van der Waals surface area (Å²) >= 11 is 0. The summed E-state index contributed by atoms with van der Waals surface area (Å²) in [6.07, 6.45) is 6.28. The van der Waals surface area contributed by atoms with Crippen LogP contribution in [0.25, 0.3) is 63.4 Å². The molecule has 8 aromatic rings. The predicted molar refractivity (Wildman–Crippen MR) is 209 cm³/mol. The summed E-state index contributed by atoms with van der Waals surface area (Å²) in [5.41, 5.74) is 9.68. The first-order valence-electron chi connectivity index (χ1n) is 17.3. The smallest absolute Gasteiger partial charge is 0.238 e. The Labute approximate surface area is 297 Å². The van der Waals surface area contributed by atoms with Gasteiger partial charge in [-0.25, -0.2) is 4.98 Å². The molecular formula is C47H34N4. The fourth-order valence-electron chi connectivity index (χ4n) is 7.80. The first-order chi connectivity index (χ1) is 25.2. The Morgan fingerprint density at radius 3 is 1.67 bits per heavy atom. The number of rotatable bonds is 6. The summed E-state index contributed by atoms with van der Waals surface area (Å²) < 4.78 is 2.11. The van der Waals surface area contributed by atoms with Gasteiger partial charge in [-0.3, -0.25) is 4.57 Å². The molecule has 0 amide bonds. The molecule has 0 radical (unpaired) electrons. The Morgan fingerprint density at radius 2 is 1.10 bits per heavy atom. The van der Waals surface area contributed by atoms with Crippen molar-refractivity contribution in [1.29, 1.82) is 0 Å². The third kappa shape index (κ3) is 4.79. The number of fused-ring (bicyclic) bond motifs is 4. The molecule has 51 heavy (non-hydrogen) atoms. The standard InChI is InChI=1S/C47H34N4/c1-3-4-27-37-32(2)51(46-49-44(33-19-9-5-10-20-33)48-45(50-46)34-21-11-6-12-22-34)43-31-39-38-28-17-18-29-41(38)47(42(39)30-40(37)43,35-23-13-7-14-24-35)36-25-15-8-16-26-36/h3-31H,2H2,1H3/b4-3-,37-27+. The Balaban J connectivity index is 1.41. The van der Waals surface area contributed by atoms with E-state index in [1.54, 1.807) is 0 Å². The van der Waals surface area contributed by atoms with Crippen LogP contribution >= 0.6 is 0 Å². The van der Waals surface area contributed by atoms with Crippen molar-refractivity contribution < 1.29 is 0 Å². The molecule has 0 N–H and O–H groups in total. The Hall–Kier alpha value is -6.65. The number of hydrogen-bond acceptors (Lipinski definition) is 3. The van der Waals surface area contributed by atoms with Gasteiger partial charge in [0, 0.05) is 27.1 Å². The van der Waals surface area contributed by atoms with Crippen molar-refractivity contribution in [2.75, 3.05) is 0 Å². The van der Waals surface area contributed by atoms with E-state index in [1.807, 2.05) is 73.7 Å². The maximum Gasteiger partial charge on any atom is 0.238 e. The predicted octanol–water partition coefficient (Wildman–Crippen LogP) is 9.28. The molecule has 0 saturated carbocycles. The number of aromatic nitrogens is 4. The second kappa shape index (κ2) is 12.3. The maximum atomic E-state index is 5.13. The highest BCUT2D eigenvalue weighted by atomic mass is 15.2. The van der Waals surface area contributed by atoms with Gasteiger partial charge in [0.1, 0.15) is 0 Å².